The minimum Gasteiger partial charge on any atom is -0.379 e. The van der Waals surface area contributed by atoms with Crippen molar-refractivity contribution in [2.45, 2.75) is 44.9 Å². The van der Waals surface area contributed by atoms with E-state index in [0.29, 0.717) is 5.96 Å². The molecule has 1 aliphatic heterocycles. The molecule has 2 heterocycles. The van der Waals surface area contributed by atoms with Gasteiger partial charge in [-0.1, -0.05) is 43.9 Å². The van der Waals surface area contributed by atoms with E-state index in [0.717, 1.165) is 88.2 Å². The van der Waals surface area contributed by atoms with Gasteiger partial charge in [0.2, 0.25) is 0 Å². The molecule has 0 unspecified atom stereocenters. The number of morpholine rings is 1. The molecule has 0 bridgehead atoms. The molecule has 0 aliphatic carbocycles. The summed E-state index contributed by atoms with van der Waals surface area (Å²) >= 11 is 5.79. The first-order chi connectivity index (χ1) is 18.2. The van der Waals surface area contributed by atoms with Gasteiger partial charge in [-0.2, -0.15) is 0 Å². The highest BCUT2D eigenvalue weighted by molar-refractivity contribution is 7.80. The van der Waals surface area contributed by atoms with Crippen LogP contribution in [0, 0.1) is 0 Å². The number of rotatable bonds is 15. The second kappa shape index (κ2) is 17.7. The summed E-state index contributed by atoms with van der Waals surface area (Å²) in [6.45, 7) is 7.57. The Morgan fingerprint density at radius 3 is 2.30 bits per heavy atom. The number of guanidine groups is 1. The Labute approximate surface area is 227 Å². The number of anilines is 2. The third-order valence-electron chi connectivity index (χ3n) is 6.39. The van der Waals surface area contributed by atoms with E-state index in [1.165, 1.54) is 25.7 Å². The minimum atomic E-state index is 0.458. The Bertz CT molecular complexity index is 907. The number of nitrogens with zero attached hydrogens (tertiary/aromatic N) is 4. The first-order valence-electron chi connectivity index (χ1n) is 13.6. The summed E-state index contributed by atoms with van der Waals surface area (Å²) in [6, 6.07) is 14.0. The van der Waals surface area contributed by atoms with E-state index in [1.807, 2.05) is 30.3 Å². The molecule has 1 aromatic carbocycles. The topological polar surface area (TPSA) is 91.0 Å². The number of pyridine rings is 1. The van der Waals surface area contributed by atoms with Crippen LogP contribution in [0.1, 0.15) is 44.9 Å². The number of ether oxygens (including phenoxy) is 1. The van der Waals surface area contributed by atoms with Crippen LogP contribution in [-0.4, -0.2) is 78.3 Å². The zero-order valence-corrected chi connectivity index (χ0v) is 22.8. The fourth-order valence-corrected chi connectivity index (χ4v) is 4.59. The van der Waals surface area contributed by atoms with E-state index in [2.05, 4.69) is 42.5 Å². The van der Waals surface area contributed by atoms with Gasteiger partial charge >= 0.3 is 0 Å². The summed E-state index contributed by atoms with van der Waals surface area (Å²) in [7, 11) is 0. The first kappa shape index (κ1) is 28.8. The summed E-state index contributed by atoms with van der Waals surface area (Å²) in [5.74, 6) is 0.458. The molecule has 1 fully saturated rings. The molecular formula is C28H43N7OS. The second-order valence-corrected chi connectivity index (χ2v) is 9.73. The summed E-state index contributed by atoms with van der Waals surface area (Å²) in [6.07, 6.45) is 11.6. The van der Waals surface area contributed by atoms with Crippen LogP contribution in [0.4, 0.5) is 11.4 Å². The van der Waals surface area contributed by atoms with E-state index >= 15 is 0 Å². The Kier molecular flexibility index (Phi) is 13.8. The van der Waals surface area contributed by atoms with Crippen molar-refractivity contribution in [3.8, 4) is 0 Å². The molecule has 8 nitrogen and oxygen atoms in total. The van der Waals surface area contributed by atoms with Crippen LogP contribution in [0.5, 0.6) is 0 Å². The van der Waals surface area contributed by atoms with E-state index in [9.17, 15) is 0 Å². The van der Waals surface area contributed by atoms with E-state index in [-0.39, 0.29) is 0 Å². The number of benzene rings is 1. The quantitative estimate of drug-likeness (QED) is 0.135. The molecule has 1 aliphatic rings. The third-order valence-corrected chi connectivity index (χ3v) is 6.75. The zero-order chi connectivity index (χ0) is 26.0. The molecule has 37 heavy (non-hydrogen) atoms. The molecule has 2 aromatic rings. The van der Waals surface area contributed by atoms with Gasteiger partial charge in [0, 0.05) is 63.0 Å². The van der Waals surface area contributed by atoms with Crippen molar-refractivity contribution >= 4 is 34.7 Å². The second-order valence-electron chi connectivity index (χ2n) is 9.34. The van der Waals surface area contributed by atoms with Crippen LogP contribution in [0.3, 0.4) is 0 Å². The lowest BCUT2D eigenvalue weighted by Gasteiger charge is -2.29. The molecule has 0 radical (unpaired) electrons. The molecule has 0 saturated carbocycles. The number of para-hydroxylation sites is 1. The van der Waals surface area contributed by atoms with Gasteiger partial charge in [-0.3, -0.25) is 14.9 Å². The molecule has 4 N–H and O–H groups in total. The summed E-state index contributed by atoms with van der Waals surface area (Å²) in [5, 5.41) is 7.33. The van der Waals surface area contributed by atoms with Crippen LogP contribution >= 0.6 is 12.2 Å². The first-order valence-corrected chi connectivity index (χ1v) is 14.0. The number of aliphatic imine (C=N–C) groups is 1. The number of nitrogens with one attached hydrogen (secondary N) is 2. The maximum absolute atomic E-state index is 5.95. The van der Waals surface area contributed by atoms with Crippen molar-refractivity contribution < 1.29 is 4.74 Å². The Balaban J connectivity index is 1.30. The average molecular weight is 526 g/mol. The Morgan fingerprint density at radius 1 is 0.892 bits per heavy atom. The molecule has 9 heteroatoms. The van der Waals surface area contributed by atoms with Crippen LogP contribution in [0.15, 0.2) is 59.9 Å². The number of hydrogen-bond donors (Lipinski definition) is 3. The van der Waals surface area contributed by atoms with E-state index in [4.69, 9.17) is 22.7 Å². The predicted octanol–water partition coefficient (Wildman–Crippen LogP) is 4.57. The fraction of sp³-hybridized carbons (Fsp3) is 0.536. The molecule has 3 rings (SSSR count). The summed E-state index contributed by atoms with van der Waals surface area (Å²) in [4.78, 5) is 13.2. The maximum atomic E-state index is 5.95. The average Bonchev–Trinajstić information content (AvgIpc) is 2.92. The highest BCUT2D eigenvalue weighted by Crippen LogP contribution is 2.11. The van der Waals surface area contributed by atoms with Crippen molar-refractivity contribution in [3.05, 3.63) is 54.9 Å². The van der Waals surface area contributed by atoms with Gasteiger partial charge < -0.3 is 26.0 Å². The lowest BCUT2D eigenvalue weighted by molar-refractivity contribution is 0.0368. The smallest absolute Gasteiger partial charge is 0.193 e. The molecule has 1 aromatic heterocycles. The number of unbranched alkanes of at least 4 members (excludes halogenated alkanes) is 5. The standard InChI is InChI=1S/C28H43N7OS/c29-27(32-26-13-16-30-17-14-26)31-15-8-3-1-2-4-9-19-35(20-10-18-34-21-23-36-24-22-34)28(37)33-25-11-6-5-7-12-25/h5-7,11-14,16-17H,1-4,8-10,15,18-24H2,(H,33,37)(H3,29,30,31,32). The van der Waals surface area contributed by atoms with Crippen molar-refractivity contribution in [3.63, 3.8) is 0 Å². The Hall–Kier alpha value is -2.75. The summed E-state index contributed by atoms with van der Waals surface area (Å²) < 4.78 is 5.47. The van der Waals surface area contributed by atoms with E-state index < -0.39 is 0 Å². The normalized spacial score (nSPS) is 14.3. The van der Waals surface area contributed by atoms with Gasteiger partial charge in [0.25, 0.3) is 0 Å². The number of nitrogens with two attached hydrogens (primary N) is 1. The van der Waals surface area contributed by atoms with Gasteiger partial charge in [-0.25, -0.2) is 0 Å². The molecule has 0 spiro atoms. The Morgan fingerprint density at radius 2 is 1.54 bits per heavy atom. The molecule has 202 valence electrons. The van der Waals surface area contributed by atoms with Crippen molar-refractivity contribution in [2.24, 2.45) is 10.7 Å². The van der Waals surface area contributed by atoms with Crippen molar-refractivity contribution in [2.75, 3.05) is 63.1 Å². The van der Waals surface area contributed by atoms with Crippen LogP contribution in [0.25, 0.3) is 0 Å². The third kappa shape index (κ3) is 12.4. The highest BCUT2D eigenvalue weighted by atomic mass is 32.1. The van der Waals surface area contributed by atoms with Crippen LogP contribution < -0.4 is 16.4 Å². The molecule has 0 amide bonds. The number of hydrogen-bond acceptors (Lipinski definition) is 5. The van der Waals surface area contributed by atoms with E-state index in [1.54, 1.807) is 12.4 Å². The summed E-state index contributed by atoms with van der Waals surface area (Å²) in [5.41, 5.74) is 7.91. The lowest BCUT2D eigenvalue weighted by Crippen LogP contribution is -2.40. The van der Waals surface area contributed by atoms with Gasteiger partial charge in [-0.05, 0) is 55.7 Å². The molecule has 1 saturated heterocycles. The molecular weight excluding hydrogens is 482 g/mol. The lowest BCUT2D eigenvalue weighted by atomic mass is 10.1. The van der Waals surface area contributed by atoms with Gasteiger partial charge in [0.05, 0.1) is 13.2 Å². The van der Waals surface area contributed by atoms with Crippen molar-refractivity contribution in [1.29, 1.82) is 0 Å². The number of aromatic nitrogens is 1. The minimum absolute atomic E-state index is 0.458. The molecule has 0 atom stereocenters. The van der Waals surface area contributed by atoms with Gasteiger partial charge in [0.15, 0.2) is 11.1 Å². The van der Waals surface area contributed by atoms with Crippen LogP contribution in [0.2, 0.25) is 0 Å². The fourth-order valence-electron chi connectivity index (χ4n) is 4.29. The predicted molar refractivity (Wildman–Crippen MR) is 158 cm³/mol. The van der Waals surface area contributed by atoms with Crippen molar-refractivity contribution in [1.82, 2.24) is 14.8 Å². The maximum Gasteiger partial charge on any atom is 0.193 e. The van der Waals surface area contributed by atoms with Gasteiger partial charge in [0.1, 0.15) is 0 Å². The number of thiocarbonyl (C=S) groups is 1. The zero-order valence-electron chi connectivity index (χ0n) is 22.0. The SMILES string of the molecule is NC(=NCCCCCCCCN(CCCN1CCOCC1)C(=S)Nc1ccccc1)Nc1ccncc1. The highest BCUT2D eigenvalue weighted by Gasteiger charge is 2.13. The monoisotopic (exact) mass is 525 g/mol. The van der Waals surface area contributed by atoms with Gasteiger partial charge in [-0.15, -0.1) is 0 Å². The largest absolute Gasteiger partial charge is 0.379 e. The van der Waals surface area contributed by atoms with Crippen LogP contribution in [-0.2, 0) is 4.74 Å².